The van der Waals surface area contributed by atoms with Gasteiger partial charge in [0, 0.05) is 31.8 Å². The summed E-state index contributed by atoms with van der Waals surface area (Å²) >= 11 is 6.01. The molecule has 0 bridgehead atoms. The van der Waals surface area contributed by atoms with Gasteiger partial charge in [0.05, 0.1) is 6.07 Å². The molecule has 0 saturated carbocycles. The molecule has 4 rings (SSSR count). The number of nitrogens with one attached hydrogen (secondary N) is 1. The lowest BCUT2D eigenvalue weighted by Gasteiger charge is -2.30. The van der Waals surface area contributed by atoms with Crippen molar-refractivity contribution in [2.24, 2.45) is 7.05 Å². The minimum Gasteiger partial charge on any atom is -0.406 e. The number of hydrogen-bond acceptors (Lipinski definition) is 7. The first-order valence-corrected chi connectivity index (χ1v) is 11.9. The average Bonchev–Trinajstić information content (AvgIpc) is 3.23. The largest absolute Gasteiger partial charge is 0.573 e. The first-order chi connectivity index (χ1) is 18.0. The number of benzene rings is 2. The van der Waals surface area contributed by atoms with E-state index in [9.17, 15) is 33.1 Å². The fourth-order valence-corrected chi connectivity index (χ4v) is 4.54. The number of fused-ring (bicyclic) bond motifs is 1. The van der Waals surface area contributed by atoms with Gasteiger partial charge in [-0.1, -0.05) is 35.9 Å². The van der Waals surface area contributed by atoms with E-state index in [2.05, 4.69) is 16.1 Å². The minimum absolute atomic E-state index is 0.0206. The van der Waals surface area contributed by atoms with Crippen LogP contribution in [-0.4, -0.2) is 33.4 Å². The van der Waals surface area contributed by atoms with Gasteiger partial charge < -0.3 is 20.1 Å². The van der Waals surface area contributed by atoms with Gasteiger partial charge in [-0.25, -0.2) is 4.79 Å². The summed E-state index contributed by atoms with van der Waals surface area (Å²) < 4.78 is 44.7. The summed E-state index contributed by atoms with van der Waals surface area (Å²) in [6.07, 6.45) is -5.67. The maximum Gasteiger partial charge on any atom is 0.573 e. The molecule has 1 aliphatic rings. The number of aliphatic hydroxyl groups excluding tert-OH is 1. The van der Waals surface area contributed by atoms with Gasteiger partial charge in [-0.2, -0.15) is 5.26 Å². The van der Waals surface area contributed by atoms with Crippen LogP contribution in [0.2, 0.25) is 5.02 Å². The van der Waals surface area contributed by atoms with Gasteiger partial charge in [0.1, 0.15) is 29.3 Å². The van der Waals surface area contributed by atoms with Crippen LogP contribution in [0, 0.1) is 11.3 Å². The molecular weight excluding hydrogens is 527 g/mol. The molecule has 2 N–H and O–H groups in total. The number of anilines is 2. The van der Waals surface area contributed by atoms with Crippen molar-refractivity contribution in [3.63, 3.8) is 0 Å². The van der Waals surface area contributed by atoms with Crippen LogP contribution in [0.4, 0.5) is 24.7 Å². The second kappa shape index (κ2) is 10.8. The van der Waals surface area contributed by atoms with Crippen LogP contribution in [0.15, 0.2) is 58.1 Å². The molecule has 3 aromatic rings. The van der Waals surface area contributed by atoms with Crippen LogP contribution in [0.1, 0.15) is 23.5 Å². The Morgan fingerprint density at radius 1 is 1.21 bits per heavy atom. The fourth-order valence-electron chi connectivity index (χ4n) is 4.42. The number of nitriles is 1. The third kappa shape index (κ3) is 5.49. The number of aliphatic hydroxyl groups is 1. The molecule has 38 heavy (non-hydrogen) atoms. The predicted octanol–water partition coefficient (Wildman–Crippen LogP) is 3.55. The molecule has 0 fully saturated rings. The van der Waals surface area contributed by atoms with Gasteiger partial charge in [0.15, 0.2) is 0 Å². The van der Waals surface area contributed by atoms with Gasteiger partial charge in [0.2, 0.25) is 0 Å². The van der Waals surface area contributed by atoms with Crippen molar-refractivity contribution in [1.82, 2.24) is 9.13 Å². The van der Waals surface area contributed by atoms with E-state index in [4.69, 9.17) is 11.6 Å². The molecule has 0 amide bonds. The number of ether oxygens (including phenoxy) is 1. The zero-order valence-electron chi connectivity index (χ0n) is 20.1. The van der Waals surface area contributed by atoms with E-state index in [1.165, 1.54) is 23.7 Å². The molecule has 13 heteroatoms. The summed E-state index contributed by atoms with van der Waals surface area (Å²) in [6.45, 7) is -0.131. The molecule has 1 aliphatic heterocycles. The zero-order valence-corrected chi connectivity index (χ0v) is 20.8. The Morgan fingerprint density at radius 3 is 2.55 bits per heavy atom. The molecule has 2 aromatic carbocycles. The maximum absolute atomic E-state index is 13.5. The highest BCUT2D eigenvalue weighted by Crippen LogP contribution is 2.38. The zero-order chi connectivity index (χ0) is 27.6. The summed E-state index contributed by atoms with van der Waals surface area (Å²) in [7, 11) is 1.46. The summed E-state index contributed by atoms with van der Waals surface area (Å²) in [4.78, 5) is 28.1. The van der Waals surface area contributed by atoms with Gasteiger partial charge >= 0.3 is 12.1 Å². The molecule has 1 aromatic heterocycles. The smallest absolute Gasteiger partial charge is 0.406 e. The van der Waals surface area contributed by atoms with Gasteiger partial charge in [-0.15, -0.1) is 13.2 Å². The Kier molecular flexibility index (Phi) is 7.71. The van der Waals surface area contributed by atoms with Crippen LogP contribution in [0.25, 0.3) is 0 Å². The number of hydrogen-bond donors (Lipinski definition) is 2. The van der Waals surface area contributed by atoms with E-state index in [1.54, 1.807) is 29.2 Å². The highest BCUT2D eigenvalue weighted by molar-refractivity contribution is 6.30. The van der Waals surface area contributed by atoms with Crippen LogP contribution >= 0.6 is 11.6 Å². The molecule has 9 nitrogen and oxygen atoms in total. The Bertz CT molecular complexity index is 1480. The van der Waals surface area contributed by atoms with Crippen molar-refractivity contribution in [3.8, 4) is 11.8 Å². The lowest BCUT2D eigenvalue weighted by atomic mass is 9.96. The highest BCUT2D eigenvalue weighted by atomic mass is 35.5. The molecule has 200 valence electrons. The van der Waals surface area contributed by atoms with Crippen molar-refractivity contribution in [2.45, 2.75) is 38.0 Å². The lowest BCUT2D eigenvalue weighted by molar-refractivity contribution is -0.274. The molecule has 2 atom stereocenters. The molecule has 2 unspecified atom stereocenters. The second-order valence-electron chi connectivity index (χ2n) is 8.64. The van der Waals surface area contributed by atoms with E-state index in [0.717, 1.165) is 22.3 Å². The van der Waals surface area contributed by atoms with Gasteiger partial charge in [0.25, 0.3) is 5.56 Å². The number of aromatic nitrogens is 2. The minimum atomic E-state index is -4.92. The third-order valence-corrected chi connectivity index (χ3v) is 6.40. The molecule has 2 heterocycles. The molecule has 0 radical (unpaired) electrons. The first kappa shape index (κ1) is 27.1. The number of halogens is 4. The molecule has 0 aliphatic carbocycles. The monoisotopic (exact) mass is 549 g/mol. The maximum atomic E-state index is 13.5. The Balaban J connectivity index is 1.83. The molecule has 0 spiro atoms. The van der Waals surface area contributed by atoms with E-state index >= 15 is 0 Å². The Hall–Kier alpha value is -3.95. The average molecular weight is 550 g/mol. The Labute approximate surface area is 219 Å². The van der Waals surface area contributed by atoms with E-state index < -0.39 is 35.4 Å². The Morgan fingerprint density at radius 2 is 1.92 bits per heavy atom. The molecular formula is C25H23ClF3N5O4. The highest BCUT2D eigenvalue weighted by Gasteiger charge is 2.40. The lowest BCUT2D eigenvalue weighted by Crippen LogP contribution is -2.43. The van der Waals surface area contributed by atoms with Crippen molar-refractivity contribution >= 4 is 23.1 Å². The fraction of sp³-hybridized carbons (Fsp3) is 0.320. The van der Waals surface area contributed by atoms with E-state index in [1.807, 2.05) is 0 Å². The van der Waals surface area contributed by atoms with Gasteiger partial charge in [-0.3, -0.25) is 13.9 Å². The number of rotatable bonds is 8. The van der Waals surface area contributed by atoms with E-state index in [-0.39, 0.29) is 43.2 Å². The quantitative estimate of drug-likeness (QED) is 0.442. The van der Waals surface area contributed by atoms with Crippen LogP contribution in [-0.2, 0) is 20.1 Å². The predicted molar refractivity (Wildman–Crippen MR) is 134 cm³/mol. The van der Waals surface area contributed by atoms with Crippen LogP contribution in [0.3, 0.4) is 0 Å². The van der Waals surface area contributed by atoms with Gasteiger partial charge in [-0.05, 0) is 41.8 Å². The van der Waals surface area contributed by atoms with Crippen LogP contribution < -0.4 is 26.2 Å². The van der Waals surface area contributed by atoms with Crippen molar-refractivity contribution in [1.29, 1.82) is 5.26 Å². The van der Waals surface area contributed by atoms with Crippen molar-refractivity contribution in [2.75, 3.05) is 16.8 Å². The second-order valence-corrected chi connectivity index (χ2v) is 9.08. The topological polar surface area (TPSA) is 113 Å². The number of nitrogens with zero attached hydrogens (tertiary/aromatic N) is 4. The summed E-state index contributed by atoms with van der Waals surface area (Å²) in [5, 5.41) is 23.0. The van der Waals surface area contributed by atoms with Crippen LogP contribution in [0.5, 0.6) is 5.75 Å². The summed E-state index contributed by atoms with van der Waals surface area (Å²) in [6, 6.07) is 14.0. The standard InChI is InChI=1S/C25H23ClF3N5O4/c1-32-22-20(23(36)33(24(32)37)10-3-11-35)34(14-15-6-8-17(26)9-7-15)21(31-22)19(13-30)16-4-2-5-18(12-16)38-25(27,28)29/h2,4-9,12,19,21,31,35H,3,10-11,14H2,1H3. The van der Waals surface area contributed by atoms with Crippen molar-refractivity contribution < 1.29 is 23.0 Å². The molecule has 0 saturated heterocycles. The SMILES string of the molecule is Cn1c2c(c(=O)n(CCCO)c1=O)N(Cc1ccc(Cl)cc1)C(C(C#N)c1cccc(OC(F)(F)F)c1)N2. The van der Waals surface area contributed by atoms with E-state index in [0.29, 0.717) is 5.02 Å². The normalized spacial score (nSPS) is 15.5. The third-order valence-electron chi connectivity index (χ3n) is 6.14. The van der Waals surface area contributed by atoms with Crippen molar-refractivity contribution in [3.05, 3.63) is 85.5 Å². The first-order valence-electron chi connectivity index (χ1n) is 11.5. The summed E-state index contributed by atoms with van der Waals surface area (Å²) in [5.41, 5.74) is -0.170. The summed E-state index contributed by atoms with van der Waals surface area (Å²) in [5.74, 6) is -1.40. The number of alkyl halides is 3.